The predicted molar refractivity (Wildman–Crippen MR) is 137 cm³/mol. The quantitative estimate of drug-likeness (QED) is 0.298. The van der Waals surface area contributed by atoms with Crippen LogP contribution in [-0.2, 0) is 17.6 Å². The van der Waals surface area contributed by atoms with Gasteiger partial charge in [-0.1, -0.05) is 42.1 Å². The van der Waals surface area contributed by atoms with Crippen LogP contribution in [-0.4, -0.2) is 21.2 Å². The number of amides is 1. The van der Waals surface area contributed by atoms with Crippen molar-refractivity contribution in [2.45, 2.75) is 44.7 Å². The van der Waals surface area contributed by atoms with Gasteiger partial charge in [-0.05, 0) is 74.4 Å². The van der Waals surface area contributed by atoms with Gasteiger partial charge in [-0.3, -0.25) is 14.2 Å². The lowest BCUT2D eigenvalue weighted by Crippen LogP contribution is -2.23. The first-order valence-corrected chi connectivity index (χ1v) is 12.9. The molecule has 1 aliphatic rings. The van der Waals surface area contributed by atoms with Gasteiger partial charge >= 0.3 is 0 Å². The normalized spacial score (nSPS) is 13.2. The summed E-state index contributed by atoms with van der Waals surface area (Å²) >= 11 is 2.93. The number of benzene rings is 2. The van der Waals surface area contributed by atoms with Crippen molar-refractivity contribution in [3.8, 4) is 5.69 Å². The Kier molecular flexibility index (Phi) is 6.08. The van der Waals surface area contributed by atoms with Crippen LogP contribution in [0.3, 0.4) is 0 Å². The van der Waals surface area contributed by atoms with Crippen LogP contribution in [0.4, 0.5) is 5.69 Å². The van der Waals surface area contributed by atoms with Gasteiger partial charge in [0.05, 0.1) is 16.8 Å². The highest BCUT2D eigenvalue weighted by atomic mass is 32.2. The Morgan fingerprint density at radius 3 is 2.70 bits per heavy atom. The number of thiophene rings is 1. The molecule has 0 spiro atoms. The zero-order chi connectivity index (χ0) is 22.9. The van der Waals surface area contributed by atoms with Crippen molar-refractivity contribution in [2.75, 3.05) is 11.1 Å². The van der Waals surface area contributed by atoms with Gasteiger partial charge in [-0.25, -0.2) is 4.98 Å². The third-order valence-electron chi connectivity index (χ3n) is 6.18. The predicted octanol–water partition coefficient (Wildman–Crippen LogP) is 5.67. The van der Waals surface area contributed by atoms with Gasteiger partial charge in [0.25, 0.3) is 5.56 Å². The summed E-state index contributed by atoms with van der Waals surface area (Å²) in [7, 11) is 0. The van der Waals surface area contributed by atoms with Crippen LogP contribution in [0.2, 0.25) is 0 Å². The zero-order valence-corrected chi connectivity index (χ0v) is 20.3. The van der Waals surface area contributed by atoms with Gasteiger partial charge in [0.1, 0.15) is 4.83 Å². The Hall–Kier alpha value is -2.90. The zero-order valence-electron chi connectivity index (χ0n) is 18.7. The topological polar surface area (TPSA) is 64.0 Å². The second-order valence-corrected chi connectivity index (χ2v) is 10.4. The number of nitrogens with zero attached hydrogens (tertiary/aromatic N) is 2. The number of aryl methyl sites for hydroxylation is 3. The minimum atomic E-state index is -0.117. The van der Waals surface area contributed by atoms with Crippen LogP contribution in [0, 0.1) is 13.8 Å². The highest BCUT2D eigenvalue weighted by Crippen LogP contribution is 2.35. The molecule has 2 heterocycles. The monoisotopic (exact) mass is 475 g/mol. The fourth-order valence-corrected chi connectivity index (χ4v) is 6.41. The van der Waals surface area contributed by atoms with Gasteiger partial charge in [-0.15, -0.1) is 11.3 Å². The number of hydrogen-bond acceptors (Lipinski definition) is 5. The summed E-state index contributed by atoms with van der Waals surface area (Å²) in [5.74, 6) is 0.0524. The number of aromatic nitrogens is 2. The number of carbonyl (C=O) groups is 1. The molecule has 1 N–H and O–H groups in total. The Morgan fingerprint density at radius 1 is 1.09 bits per heavy atom. The maximum absolute atomic E-state index is 13.7. The molecule has 0 saturated carbocycles. The van der Waals surface area contributed by atoms with Gasteiger partial charge in [-0.2, -0.15) is 0 Å². The maximum Gasteiger partial charge on any atom is 0.267 e. The van der Waals surface area contributed by atoms with Gasteiger partial charge in [0.2, 0.25) is 5.91 Å². The van der Waals surface area contributed by atoms with E-state index >= 15 is 0 Å². The smallest absolute Gasteiger partial charge is 0.267 e. The number of carbonyl (C=O) groups excluding carboxylic acids is 1. The van der Waals surface area contributed by atoms with Crippen LogP contribution in [0.5, 0.6) is 0 Å². The van der Waals surface area contributed by atoms with Crippen molar-refractivity contribution >= 4 is 44.9 Å². The number of para-hydroxylation sites is 1. The molecule has 0 fully saturated rings. The molecule has 7 heteroatoms. The summed E-state index contributed by atoms with van der Waals surface area (Å²) < 4.78 is 1.67. The molecule has 0 unspecified atom stereocenters. The number of hydrogen-bond donors (Lipinski definition) is 1. The summed E-state index contributed by atoms with van der Waals surface area (Å²) in [6.45, 7) is 4.03. The van der Waals surface area contributed by atoms with E-state index in [0.29, 0.717) is 5.16 Å². The highest BCUT2D eigenvalue weighted by Gasteiger charge is 2.23. The molecule has 1 aliphatic carbocycles. The van der Waals surface area contributed by atoms with Crippen LogP contribution >= 0.6 is 23.1 Å². The molecule has 0 saturated heterocycles. The second kappa shape index (κ2) is 9.15. The molecular formula is C26H25N3O2S2. The van der Waals surface area contributed by atoms with E-state index in [4.69, 9.17) is 4.98 Å². The summed E-state index contributed by atoms with van der Waals surface area (Å²) in [4.78, 5) is 33.4. The Labute approximate surface area is 200 Å². The summed E-state index contributed by atoms with van der Waals surface area (Å²) in [6.07, 6.45) is 4.22. The Bertz CT molecular complexity index is 1410. The van der Waals surface area contributed by atoms with Gasteiger partial charge in [0.15, 0.2) is 5.16 Å². The van der Waals surface area contributed by atoms with Crippen molar-refractivity contribution in [3.63, 3.8) is 0 Å². The van der Waals surface area contributed by atoms with Crippen LogP contribution in [0.15, 0.2) is 58.5 Å². The number of nitrogens with one attached hydrogen (secondary N) is 1. The summed E-state index contributed by atoms with van der Waals surface area (Å²) in [5, 5.41) is 4.30. The molecule has 33 heavy (non-hydrogen) atoms. The third kappa shape index (κ3) is 4.23. The van der Waals surface area contributed by atoms with E-state index in [2.05, 4.69) is 5.32 Å². The average Bonchev–Trinajstić information content (AvgIpc) is 3.20. The Morgan fingerprint density at radius 2 is 1.88 bits per heavy atom. The first-order chi connectivity index (χ1) is 16.0. The van der Waals surface area contributed by atoms with Crippen molar-refractivity contribution in [1.29, 1.82) is 0 Å². The Balaban J connectivity index is 1.51. The lowest BCUT2D eigenvalue weighted by atomic mass is 9.97. The van der Waals surface area contributed by atoms with Crippen molar-refractivity contribution in [2.24, 2.45) is 0 Å². The molecule has 5 rings (SSSR count). The molecular weight excluding hydrogens is 450 g/mol. The maximum atomic E-state index is 13.7. The highest BCUT2D eigenvalue weighted by molar-refractivity contribution is 7.99. The molecule has 0 aliphatic heterocycles. The van der Waals surface area contributed by atoms with E-state index in [1.54, 1.807) is 15.9 Å². The molecule has 2 aromatic heterocycles. The number of fused-ring (bicyclic) bond motifs is 3. The molecule has 4 aromatic rings. The standard InChI is InChI=1S/C26H25N3O2S2/c1-16-9-8-13-20(17(16)2)27-22(30)15-32-26-28-24-23(19-12-6-7-14-21(19)33-24)25(31)29(26)18-10-4-3-5-11-18/h3-5,8-11,13H,6-7,12,14-15H2,1-2H3,(H,27,30). The third-order valence-corrected chi connectivity index (χ3v) is 8.31. The van der Waals surface area contributed by atoms with E-state index in [1.165, 1.54) is 22.2 Å². The SMILES string of the molecule is Cc1cccc(NC(=O)CSc2nc3sc4c(c3c(=O)n2-c2ccccc2)CCCC4)c1C. The molecule has 2 aromatic carbocycles. The number of thioether (sulfide) groups is 1. The number of anilines is 1. The molecule has 168 valence electrons. The van der Waals surface area contributed by atoms with Gasteiger partial charge in [0, 0.05) is 10.6 Å². The summed E-state index contributed by atoms with van der Waals surface area (Å²) in [5.41, 5.74) is 4.91. The minimum absolute atomic E-state index is 0.0389. The fourth-order valence-electron chi connectivity index (χ4n) is 4.29. The van der Waals surface area contributed by atoms with Crippen molar-refractivity contribution in [3.05, 3.63) is 80.5 Å². The molecule has 1 amide bonds. The first kappa shape index (κ1) is 21.9. The van der Waals surface area contributed by atoms with Crippen LogP contribution in [0.25, 0.3) is 15.9 Å². The average molecular weight is 476 g/mol. The van der Waals surface area contributed by atoms with E-state index in [1.807, 2.05) is 62.4 Å². The summed E-state index contributed by atoms with van der Waals surface area (Å²) in [6, 6.07) is 15.4. The fraction of sp³-hybridized carbons (Fsp3) is 0.269. The molecule has 0 bridgehead atoms. The largest absolute Gasteiger partial charge is 0.325 e. The van der Waals surface area contributed by atoms with E-state index < -0.39 is 0 Å². The lowest BCUT2D eigenvalue weighted by Gasteiger charge is -2.14. The van der Waals surface area contributed by atoms with E-state index in [-0.39, 0.29) is 17.2 Å². The van der Waals surface area contributed by atoms with Crippen molar-refractivity contribution in [1.82, 2.24) is 9.55 Å². The minimum Gasteiger partial charge on any atom is -0.325 e. The van der Waals surface area contributed by atoms with E-state index in [9.17, 15) is 9.59 Å². The van der Waals surface area contributed by atoms with E-state index in [0.717, 1.165) is 58.4 Å². The second-order valence-electron chi connectivity index (χ2n) is 8.35. The molecule has 0 atom stereocenters. The van der Waals surface area contributed by atoms with Gasteiger partial charge < -0.3 is 5.32 Å². The van der Waals surface area contributed by atoms with Crippen LogP contribution < -0.4 is 10.9 Å². The first-order valence-electron chi connectivity index (χ1n) is 11.1. The van der Waals surface area contributed by atoms with Crippen LogP contribution in [0.1, 0.15) is 34.4 Å². The van der Waals surface area contributed by atoms with Crippen molar-refractivity contribution < 1.29 is 4.79 Å². The molecule has 5 nitrogen and oxygen atoms in total. The number of rotatable bonds is 5. The molecule has 0 radical (unpaired) electrons. The lowest BCUT2D eigenvalue weighted by molar-refractivity contribution is -0.113.